The van der Waals surface area contributed by atoms with Crippen LogP contribution < -0.4 is 15.4 Å². The molecule has 0 saturated heterocycles. The second-order valence-corrected chi connectivity index (χ2v) is 10.6. The molecule has 4 heterocycles. The Bertz CT molecular complexity index is 1590. The highest BCUT2D eigenvalue weighted by Crippen LogP contribution is 2.39. The van der Waals surface area contributed by atoms with Gasteiger partial charge in [0, 0.05) is 51.5 Å². The fraction of sp³-hybridized carbons (Fsp3) is 0.367. The SMILES string of the molecule is CCN1C(=O)C(C)(C)C(=O)N(C)c2cc(CN(CCn3ccc4occc4c3=O)Cc3ccoc3C)ccc21. The Hall–Kier alpha value is -4.11. The number of carbonyl (C=O) groups is 2. The summed E-state index contributed by atoms with van der Waals surface area (Å²) in [7, 11) is 1.73. The molecule has 0 fully saturated rings. The van der Waals surface area contributed by atoms with Crippen LogP contribution in [-0.2, 0) is 29.2 Å². The lowest BCUT2D eigenvalue weighted by Crippen LogP contribution is -2.47. The number of aromatic nitrogens is 1. The van der Waals surface area contributed by atoms with Gasteiger partial charge in [-0.3, -0.25) is 19.3 Å². The van der Waals surface area contributed by atoms with Gasteiger partial charge in [-0.05, 0) is 63.6 Å². The lowest BCUT2D eigenvalue weighted by Gasteiger charge is -2.27. The maximum absolute atomic E-state index is 13.3. The molecule has 0 atom stereocenters. The van der Waals surface area contributed by atoms with Crippen LogP contribution in [-0.4, -0.2) is 41.4 Å². The Morgan fingerprint density at radius 1 is 0.923 bits per heavy atom. The van der Waals surface area contributed by atoms with Crippen molar-refractivity contribution < 1.29 is 18.4 Å². The Morgan fingerprint density at radius 3 is 2.41 bits per heavy atom. The minimum atomic E-state index is -1.15. The number of anilines is 2. The normalized spacial score (nSPS) is 15.3. The highest BCUT2D eigenvalue weighted by molar-refractivity contribution is 6.19. The van der Waals surface area contributed by atoms with Gasteiger partial charge in [0.25, 0.3) is 5.56 Å². The molecule has 3 aromatic heterocycles. The fourth-order valence-corrected chi connectivity index (χ4v) is 5.27. The lowest BCUT2D eigenvalue weighted by atomic mass is 9.90. The van der Waals surface area contributed by atoms with E-state index in [1.54, 1.807) is 53.8 Å². The highest BCUT2D eigenvalue weighted by atomic mass is 16.3. The summed E-state index contributed by atoms with van der Waals surface area (Å²) >= 11 is 0. The van der Waals surface area contributed by atoms with Gasteiger partial charge < -0.3 is 23.2 Å². The van der Waals surface area contributed by atoms with Crippen molar-refractivity contribution in [3.8, 4) is 0 Å². The topological polar surface area (TPSA) is 92.1 Å². The summed E-state index contributed by atoms with van der Waals surface area (Å²) in [6.45, 7) is 9.99. The predicted molar refractivity (Wildman–Crippen MR) is 150 cm³/mol. The van der Waals surface area contributed by atoms with Crippen molar-refractivity contribution in [3.05, 3.63) is 82.4 Å². The van der Waals surface area contributed by atoms with Crippen LogP contribution >= 0.6 is 0 Å². The molecule has 0 aliphatic carbocycles. The summed E-state index contributed by atoms with van der Waals surface area (Å²) in [6, 6.07) is 11.4. The molecule has 5 rings (SSSR count). The molecule has 204 valence electrons. The van der Waals surface area contributed by atoms with E-state index in [0.717, 1.165) is 22.6 Å². The number of aryl methyl sites for hydroxylation is 1. The van der Waals surface area contributed by atoms with E-state index >= 15 is 0 Å². The third kappa shape index (κ3) is 4.78. The van der Waals surface area contributed by atoms with Gasteiger partial charge in [-0.25, -0.2) is 0 Å². The average molecular weight is 531 g/mol. The largest absolute Gasteiger partial charge is 0.469 e. The summed E-state index contributed by atoms with van der Waals surface area (Å²) in [5.41, 5.74) is 2.84. The zero-order chi connectivity index (χ0) is 27.9. The number of nitrogens with zero attached hydrogens (tertiary/aromatic N) is 4. The number of hydrogen-bond acceptors (Lipinski definition) is 6. The van der Waals surface area contributed by atoms with Crippen LogP contribution in [0.1, 0.15) is 37.7 Å². The molecule has 0 bridgehead atoms. The van der Waals surface area contributed by atoms with E-state index in [0.29, 0.717) is 49.4 Å². The van der Waals surface area contributed by atoms with Crippen LogP contribution in [0.3, 0.4) is 0 Å². The van der Waals surface area contributed by atoms with Crippen molar-refractivity contribution >= 4 is 34.2 Å². The van der Waals surface area contributed by atoms with Gasteiger partial charge in [0.1, 0.15) is 16.8 Å². The zero-order valence-electron chi connectivity index (χ0n) is 23.1. The number of carbonyl (C=O) groups excluding carboxylic acids is 2. The number of amides is 2. The third-order valence-electron chi connectivity index (χ3n) is 7.64. The number of fused-ring (bicyclic) bond motifs is 2. The zero-order valence-corrected chi connectivity index (χ0v) is 23.1. The van der Waals surface area contributed by atoms with E-state index in [1.165, 1.54) is 6.26 Å². The predicted octanol–water partition coefficient (Wildman–Crippen LogP) is 4.55. The fourth-order valence-electron chi connectivity index (χ4n) is 5.27. The van der Waals surface area contributed by atoms with Gasteiger partial charge in [0.15, 0.2) is 0 Å². The Labute approximate surface area is 227 Å². The summed E-state index contributed by atoms with van der Waals surface area (Å²) in [6.07, 6.45) is 4.97. The lowest BCUT2D eigenvalue weighted by molar-refractivity contribution is -0.137. The van der Waals surface area contributed by atoms with Crippen molar-refractivity contribution in [1.82, 2.24) is 9.47 Å². The van der Waals surface area contributed by atoms with E-state index in [2.05, 4.69) is 4.90 Å². The summed E-state index contributed by atoms with van der Waals surface area (Å²) in [5.74, 6) is 0.413. The second kappa shape index (κ2) is 10.2. The Kier molecular flexibility index (Phi) is 6.94. The molecule has 4 aromatic rings. The molecule has 0 unspecified atom stereocenters. The van der Waals surface area contributed by atoms with Crippen LogP contribution in [0.25, 0.3) is 11.0 Å². The molecule has 9 heteroatoms. The molecule has 1 aromatic carbocycles. The third-order valence-corrected chi connectivity index (χ3v) is 7.64. The number of rotatable bonds is 8. The van der Waals surface area contributed by atoms with Crippen LogP contribution in [0.2, 0.25) is 0 Å². The Balaban J connectivity index is 1.45. The first kappa shape index (κ1) is 26.5. The standard InChI is InChI=1S/C30H34N4O5/c1-6-34-24-8-7-21(17-25(24)31(5)28(36)30(3,4)29(34)37)18-32(19-22-10-15-38-20(22)2)13-14-33-12-9-26-23(27(33)35)11-16-39-26/h7-12,15-17H,6,13-14,18-19H2,1-5H3. The van der Waals surface area contributed by atoms with Crippen LogP contribution in [0.4, 0.5) is 11.4 Å². The molecule has 0 N–H and O–H groups in total. The Morgan fingerprint density at radius 2 is 1.69 bits per heavy atom. The van der Waals surface area contributed by atoms with Crippen molar-refractivity contribution in [1.29, 1.82) is 0 Å². The van der Waals surface area contributed by atoms with Crippen LogP contribution in [0.5, 0.6) is 0 Å². The monoisotopic (exact) mass is 530 g/mol. The molecule has 0 saturated carbocycles. The van der Waals surface area contributed by atoms with E-state index in [9.17, 15) is 14.4 Å². The minimum absolute atomic E-state index is 0.0854. The molecule has 1 aliphatic heterocycles. The van der Waals surface area contributed by atoms with Gasteiger partial charge >= 0.3 is 0 Å². The van der Waals surface area contributed by atoms with E-state index < -0.39 is 5.41 Å². The maximum Gasteiger partial charge on any atom is 0.261 e. The first-order valence-electron chi connectivity index (χ1n) is 13.2. The van der Waals surface area contributed by atoms with Crippen molar-refractivity contribution in [2.24, 2.45) is 5.41 Å². The molecule has 0 radical (unpaired) electrons. The molecular formula is C30H34N4O5. The van der Waals surface area contributed by atoms with Gasteiger partial charge in [-0.1, -0.05) is 6.07 Å². The number of hydrogen-bond donors (Lipinski definition) is 0. The van der Waals surface area contributed by atoms with E-state index in [1.807, 2.05) is 44.2 Å². The maximum atomic E-state index is 13.3. The first-order valence-corrected chi connectivity index (χ1v) is 13.2. The minimum Gasteiger partial charge on any atom is -0.469 e. The molecule has 39 heavy (non-hydrogen) atoms. The molecule has 1 aliphatic rings. The van der Waals surface area contributed by atoms with Gasteiger partial charge in [-0.15, -0.1) is 0 Å². The number of benzene rings is 1. The van der Waals surface area contributed by atoms with Crippen molar-refractivity contribution in [3.63, 3.8) is 0 Å². The highest BCUT2D eigenvalue weighted by Gasteiger charge is 2.45. The van der Waals surface area contributed by atoms with Gasteiger partial charge in [0.2, 0.25) is 11.8 Å². The van der Waals surface area contributed by atoms with Gasteiger partial charge in [0.05, 0.1) is 29.3 Å². The van der Waals surface area contributed by atoms with Gasteiger partial charge in [-0.2, -0.15) is 0 Å². The average Bonchev–Trinajstić information content (AvgIpc) is 3.56. The van der Waals surface area contributed by atoms with E-state index in [-0.39, 0.29) is 17.4 Å². The van der Waals surface area contributed by atoms with Crippen molar-refractivity contribution in [2.75, 3.05) is 29.9 Å². The molecular weight excluding hydrogens is 496 g/mol. The molecule has 2 amide bonds. The number of pyridine rings is 1. The number of furan rings is 2. The molecule has 0 spiro atoms. The summed E-state index contributed by atoms with van der Waals surface area (Å²) in [4.78, 5) is 45.0. The molecule has 9 nitrogen and oxygen atoms in total. The summed E-state index contributed by atoms with van der Waals surface area (Å²) < 4.78 is 12.6. The van der Waals surface area contributed by atoms with Crippen LogP contribution in [0, 0.1) is 12.3 Å². The smallest absolute Gasteiger partial charge is 0.261 e. The summed E-state index contributed by atoms with van der Waals surface area (Å²) in [5, 5.41) is 0.561. The second-order valence-electron chi connectivity index (χ2n) is 10.6. The quantitative estimate of drug-likeness (QED) is 0.310. The first-order chi connectivity index (χ1) is 18.6. The van der Waals surface area contributed by atoms with Crippen molar-refractivity contribution in [2.45, 2.75) is 47.3 Å². The van der Waals surface area contributed by atoms with E-state index in [4.69, 9.17) is 8.83 Å². The van der Waals surface area contributed by atoms with Crippen LogP contribution in [0.15, 0.2) is 68.8 Å².